The molecule has 1 heterocycles. The van der Waals surface area contributed by atoms with E-state index in [-0.39, 0.29) is 11.3 Å². The molecule has 0 radical (unpaired) electrons. The summed E-state index contributed by atoms with van der Waals surface area (Å²) >= 11 is 1.35. The van der Waals surface area contributed by atoms with Crippen LogP contribution in [0.2, 0.25) is 0 Å². The molecule has 0 aliphatic rings. The van der Waals surface area contributed by atoms with E-state index in [4.69, 9.17) is 4.74 Å². The van der Waals surface area contributed by atoms with Gasteiger partial charge in [0, 0.05) is 29.7 Å². The van der Waals surface area contributed by atoms with Crippen LogP contribution in [-0.2, 0) is 10.2 Å². The molecule has 2 N–H and O–H groups in total. The SMILES string of the molecule is CNC(=O)CCOc1ccc(Nc2nc(C(C)(C)C)ns2)cc1. The summed E-state index contributed by atoms with van der Waals surface area (Å²) in [4.78, 5) is 15.6. The number of hydrogen-bond donors (Lipinski definition) is 2. The average molecular weight is 334 g/mol. The number of ether oxygens (including phenoxy) is 1. The molecule has 2 rings (SSSR count). The first-order valence-electron chi connectivity index (χ1n) is 7.43. The van der Waals surface area contributed by atoms with Crippen LogP contribution in [0.5, 0.6) is 5.75 Å². The van der Waals surface area contributed by atoms with Crippen molar-refractivity contribution in [3.8, 4) is 5.75 Å². The van der Waals surface area contributed by atoms with E-state index in [1.165, 1.54) is 11.5 Å². The molecule has 23 heavy (non-hydrogen) atoms. The number of nitrogens with one attached hydrogen (secondary N) is 2. The van der Waals surface area contributed by atoms with Gasteiger partial charge in [0.25, 0.3) is 0 Å². The maximum Gasteiger partial charge on any atom is 0.223 e. The molecule has 124 valence electrons. The monoisotopic (exact) mass is 334 g/mol. The molecule has 2 aromatic rings. The lowest BCUT2D eigenvalue weighted by Gasteiger charge is -2.12. The molecule has 0 spiro atoms. The molecule has 0 bridgehead atoms. The zero-order valence-corrected chi connectivity index (χ0v) is 14.7. The Balaban J connectivity index is 1.90. The van der Waals surface area contributed by atoms with Crippen molar-refractivity contribution in [2.45, 2.75) is 32.6 Å². The number of amides is 1. The largest absolute Gasteiger partial charge is 0.493 e. The van der Waals surface area contributed by atoms with Gasteiger partial charge in [0.1, 0.15) is 11.6 Å². The van der Waals surface area contributed by atoms with E-state index in [0.29, 0.717) is 13.0 Å². The van der Waals surface area contributed by atoms with Crippen LogP contribution in [0.15, 0.2) is 24.3 Å². The third-order valence-electron chi connectivity index (χ3n) is 3.08. The Bertz CT molecular complexity index is 647. The van der Waals surface area contributed by atoms with Gasteiger partial charge in [-0.25, -0.2) is 4.98 Å². The van der Waals surface area contributed by atoms with Crippen LogP contribution < -0.4 is 15.4 Å². The zero-order chi connectivity index (χ0) is 16.9. The third-order valence-corrected chi connectivity index (χ3v) is 3.71. The van der Waals surface area contributed by atoms with Gasteiger partial charge >= 0.3 is 0 Å². The van der Waals surface area contributed by atoms with E-state index in [1.807, 2.05) is 24.3 Å². The van der Waals surface area contributed by atoms with Gasteiger partial charge in [-0.1, -0.05) is 20.8 Å². The number of rotatable bonds is 6. The maximum absolute atomic E-state index is 11.1. The molecule has 0 aliphatic heterocycles. The summed E-state index contributed by atoms with van der Waals surface area (Å²) in [5.41, 5.74) is 0.860. The van der Waals surface area contributed by atoms with E-state index in [0.717, 1.165) is 22.4 Å². The Hall–Kier alpha value is -2.15. The van der Waals surface area contributed by atoms with Crippen molar-refractivity contribution in [3.63, 3.8) is 0 Å². The van der Waals surface area contributed by atoms with Crippen molar-refractivity contribution in [2.24, 2.45) is 0 Å². The first kappa shape index (κ1) is 17.2. The van der Waals surface area contributed by atoms with Crippen molar-refractivity contribution in [3.05, 3.63) is 30.1 Å². The van der Waals surface area contributed by atoms with E-state index < -0.39 is 0 Å². The Morgan fingerprint density at radius 1 is 1.26 bits per heavy atom. The number of nitrogens with zero attached hydrogens (tertiary/aromatic N) is 2. The molecular weight excluding hydrogens is 312 g/mol. The van der Waals surface area contributed by atoms with E-state index in [1.54, 1.807) is 7.05 Å². The minimum absolute atomic E-state index is 0.0331. The number of hydrogen-bond acceptors (Lipinski definition) is 6. The lowest BCUT2D eigenvalue weighted by atomic mass is 9.96. The number of benzene rings is 1. The molecule has 1 aromatic heterocycles. The van der Waals surface area contributed by atoms with Gasteiger partial charge in [-0.3, -0.25) is 4.79 Å². The molecule has 1 aromatic carbocycles. The minimum atomic E-state index is -0.0566. The highest BCUT2D eigenvalue weighted by Crippen LogP contribution is 2.26. The van der Waals surface area contributed by atoms with Crippen LogP contribution >= 0.6 is 11.5 Å². The molecule has 6 nitrogen and oxygen atoms in total. The van der Waals surface area contributed by atoms with Gasteiger partial charge in [0.15, 0.2) is 0 Å². The van der Waals surface area contributed by atoms with Crippen molar-refractivity contribution in [1.29, 1.82) is 0 Å². The van der Waals surface area contributed by atoms with Crippen LogP contribution in [0, 0.1) is 0 Å². The van der Waals surface area contributed by atoms with Crippen LogP contribution in [0.25, 0.3) is 0 Å². The molecule has 7 heteroatoms. The second-order valence-corrected chi connectivity index (χ2v) is 6.85. The minimum Gasteiger partial charge on any atom is -0.493 e. The summed E-state index contributed by atoms with van der Waals surface area (Å²) in [7, 11) is 1.61. The molecule has 0 fully saturated rings. The van der Waals surface area contributed by atoms with Gasteiger partial charge < -0.3 is 15.4 Å². The van der Waals surface area contributed by atoms with Gasteiger partial charge in [-0.2, -0.15) is 4.37 Å². The summed E-state index contributed by atoms with van der Waals surface area (Å²) in [6.07, 6.45) is 0.344. The zero-order valence-electron chi connectivity index (χ0n) is 13.8. The molecule has 0 aliphatic carbocycles. The van der Waals surface area contributed by atoms with Gasteiger partial charge in [-0.15, -0.1) is 0 Å². The van der Waals surface area contributed by atoms with E-state index >= 15 is 0 Å². The molecule has 0 unspecified atom stereocenters. The quantitative estimate of drug-likeness (QED) is 0.849. The van der Waals surface area contributed by atoms with Crippen LogP contribution in [0.3, 0.4) is 0 Å². The number of carbonyl (C=O) groups is 1. The van der Waals surface area contributed by atoms with Gasteiger partial charge in [0.2, 0.25) is 11.0 Å². The predicted molar refractivity (Wildman–Crippen MR) is 92.5 cm³/mol. The standard InChI is InChI=1S/C16H22N4O2S/c1-16(2,3)14-19-15(23-20-14)18-11-5-7-12(8-6-11)22-10-9-13(21)17-4/h5-8H,9-10H2,1-4H3,(H,17,21)(H,18,19,20). The van der Waals surface area contributed by atoms with E-state index in [2.05, 4.69) is 40.8 Å². The van der Waals surface area contributed by atoms with Gasteiger partial charge in [0.05, 0.1) is 13.0 Å². The summed E-state index contributed by atoms with van der Waals surface area (Å²) in [6.45, 7) is 6.62. The molecule has 0 saturated heterocycles. The van der Waals surface area contributed by atoms with Crippen molar-refractivity contribution >= 4 is 28.3 Å². The summed E-state index contributed by atoms with van der Waals surface area (Å²) in [5.74, 6) is 1.53. The number of anilines is 2. The van der Waals surface area contributed by atoms with Crippen molar-refractivity contribution in [1.82, 2.24) is 14.7 Å². The van der Waals surface area contributed by atoms with Gasteiger partial charge in [-0.05, 0) is 24.3 Å². The summed E-state index contributed by atoms with van der Waals surface area (Å²) in [6, 6.07) is 7.54. The lowest BCUT2D eigenvalue weighted by molar-refractivity contribution is -0.121. The highest BCUT2D eigenvalue weighted by Gasteiger charge is 2.19. The first-order valence-corrected chi connectivity index (χ1v) is 8.20. The Labute approximate surface area is 140 Å². The molecule has 1 amide bonds. The van der Waals surface area contributed by atoms with E-state index in [9.17, 15) is 4.79 Å². The fraction of sp³-hybridized carbons (Fsp3) is 0.438. The van der Waals surface area contributed by atoms with Crippen LogP contribution in [-0.4, -0.2) is 28.9 Å². The fourth-order valence-corrected chi connectivity index (χ4v) is 2.50. The fourth-order valence-electron chi connectivity index (χ4n) is 1.72. The second kappa shape index (κ2) is 7.41. The topological polar surface area (TPSA) is 76.1 Å². The number of carbonyl (C=O) groups excluding carboxylic acids is 1. The molecule has 0 saturated carbocycles. The highest BCUT2D eigenvalue weighted by atomic mass is 32.1. The normalized spacial score (nSPS) is 11.1. The second-order valence-electron chi connectivity index (χ2n) is 6.09. The van der Waals surface area contributed by atoms with Crippen LogP contribution in [0.1, 0.15) is 33.0 Å². The van der Waals surface area contributed by atoms with Crippen LogP contribution in [0.4, 0.5) is 10.8 Å². The summed E-state index contributed by atoms with van der Waals surface area (Å²) in [5, 5.41) is 6.56. The third kappa shape index (κ3) is 5.21. The predicted octanol–water partition coefficient (Wildman–Crippen LogP) is 3.09. The Morgan fingerprint density at radius 2 is 1.96 bits per heavy atom. The lowest BCUT2D eigenvalue weighted by Crippen LogP contribution is -2.20. The molecule has 0 atom stereocenters. The average Bonchev–Trinajstić information content (AvgIpc) is 2.97. The van der Waals surface area contributed by atoms with Crippen molar-refractivity contribution < 1.29 is 9.53 Å². The Morgan fingerprint density at radius 3 is 2.52 bits per heavy atom. The highest BCUT2D eigenvalue weighted by molar-refractivity contribution is 7.09. The first-order chi connectivity index (χ1) is 10.9. The number of aromatic nitrogens is 2. The van der Waals surface area contributed by atoms with Crippen molar-refractivity contribution in [2.75, 3.05) is 19.0 Å². The summed E-state index contributed by atoms with van der Waals surface area (Å²) < 4.78 is 9.89. The smallest absolute Gasteiger partial charge is 0.223 e. The molecular formula is C16H22N4O2S. The maximum atomic E-state index is 11.1. The Kier molecular flexibility index (Phi) is 5.54.